The average molecular weight is 1300 g/mol. The van der Waals surface area contributed by atoms with Crippen LogP contribution >= 0.6 is 11.8 Å². The minimum absolute atomic E-state index is 0.0125. The van der Waals surface area contributed by atoms with Crippen LogP contribution in [0, 0.1) is 23.6 Å². The summed E-state index contributed by atoms with van der Waals surface area (Å²) < 4.78 is 43.9. The van der Waals surface area contributed by atoms with E-state index >= 15 is 8.78 Å². The van der Waals surface area contributed by atoms with E-state index in [-0.39, 0.29) is 36.0 Å². The van der Waals surface area contributed by atoms with Gasteiger partial charge in [-0.3, -0.25) is 0 Å². The van der Waals surface area contributed by atoms with Crippen molar-refractivity contribution in [3.8, 4) is 5.75 Å². The molecule has 0 saturated heterocycles. The lowest BCUT2D eigenvalue weighted by Gasteiger charge is -2.45. The second-order valence-electron chi connectivity index (χ2n) is 28.7. The van der Waals surface area contributed by atoms with Gasteiger partial charge >= 0.3 is 0 Å². The number of rotatable bonds is 16. The van der Waals surface area contributed by atoms with Gasteiger partial charge in [0.2, 0.25) is 0 Å². The van der Waals surface area contributed by atoms with Crippen LogP contribution in [0.25, 0.3) is 5.57 Å². The number of alkyl halides is 1. The zero-order chi connectivity index (χ0) is 65.2. The van der Waals surface area contributed by atoms with Crippen molar-refractivity contribution in [1.82, 2.24) is 4.90 Å². The third-order valence-corrected chi connectivity index (χ3v) is 24.9. The van der Waals surface area contributed by atoms with E-state index in [0.29, 0.717) is 36.3 Å². The number of fused-ring (bicyclic) bond motifs is 5. The van der Waals surface area contributed by atoms with E-state index in [1.165, 1.54) is 94.5 Å². The highest BCUT2D eigenvalue weighted by Gasteiger charge is 2.54. The molecule has 4 aromatic carbocycles. The third-order valence-electron chi connectivity index (χ3n) is 23.4. The topological polar surface area (TPSA) is 24.9 Å². The van der Waals surface area contributed by atoms with Gasteiger partial charge in [-0.2, -0.15) is 0 Å². The van der Waals surface area contributed by atoms with Crippen LogP contribution in [0.15, 0.2) is 317 Å². The zero-order valence-corrected chi connectivity index (χ0v) is 56.3. The molecule has 97 heavy (non-hydrogen) atoms. The van der Waals surface area contributed by atoms with E-state index in [1.54, 1.807) is 12.1 Å². The van der Waals surface area contributed by atoms with E-state index in [4.69, 9.17) is 9.47 Å². The Morgan fingerprint density at radius 1 is 0.608 bits per heavy atom. The van der Waals surface area contributed by atoms with Crippen LogP contribution in [-0.2, 0) is 15.6 Å². The molecule has 0 saturated carbocycles. The normalized spacial score (nSPS) is 30.3. The Bertz CT molecular complexity index is 4430. The predicted molar refractivity (Wildman–Crippen MR) is 396 cm³/mol. The van der Waals surface area contributed by atoms with Crippen LogP contribution in [0.5, 0.6) is 5.75 Å². The Balaban J connectivity index is 0.679. The number of nitrogens with zero attached hydrogens (tertiary/aromatic N) is 2. The molecule has 488 valence electrons. The van der Waals surface area contributed by atoms with Crippen molar-refractivity contribution in [2.24, 2.45) is 17.8 Å². The molecule has 4 aromatic rings. The van der Waals surface area contributed by atoms with Crippen molar-refractivity contribution < 1.29 is 18.3 Å². The third kappa shape index (κ3) is 10.9. The molecule has 11 unspecified atom stereocenters. The van der Waals surface area contributed by atoms with Gasteiger partial charge in [-0.05, 0) is 265 Å². The van der Waals surface area contributed by atoms with Gasteiger partial charge in [0.25, 0.3) is 0 Å². The molecule has 1 heterocycles. The molecule has 0 bridgehead atoms. The molecule has 0 spiro atoms. The van der Waals surface area contributed by atoms with Crippen LogP contribution < -0.4 is 9.64 Å². The fourth-order valence-electron chi connectivity index (χ4n) is 19.0. The minimum atomic E-state index is -0.836. The maximum atomic E-state index is 15.4. The van der Waals surface area contributed by atoms with Crippen molar-refractivity contribution >= 4 is 28.7 Å². The first-order chi connectivity index (χ1) is 47.7. The molecule has 12 aliphatic carbocycles. The maximum absolute atomic E-state index is 15.4. The second-order valence-corrected chi connectivity index (χ2v) is 30.0. The van der Waals surface area contributed by atoms with E-state index < -0.39 is 17.0 Å². The lowest BCUT2D eigenvalue weighted by Crippen LogP contribution is -2.41. The molecule has 0 fully saturated rings. The molecular weight excluding hydrogens is 1210 g/mol. The number of anilines is 2. The van der Waals surface area contributed by atoms with E-state index in [2.05, 4.69) is 247 Å². The molecule has 11 atom stereocenters. The molecule has 0 radical (unpaired) electrons. The van der Waals surface area contributed by atoms with Crippen LogP contribution in [0.3, 0.4) is 0 Å². The molecule has 0 aromatic heterocycles. The quantitative estimate of drug-likeness (QED) is 0.104. The van der Waals surface area contributed by atoms with Gasteiger partial charge in [-0.1, -0.05) is 164 Å². The number of benzene rings is 4. The first-order valence-electron chi connectivity index (χ1n) is 36.1. The van der Waals surface area contributed by atoms with E-state index in [0.717, 1.165) is 107 Å². The van der Waals surface area contributed by atoms with Gasteiger partial charge in [-0.25, -0.2) is 8.78 Å². The SMILES string of the molecule is C=CC1=CCC(Oc2ccc(C3(C4=CCC(F)CC4)C4=C(C=CCC4)c4ccc(N(c5ccccc5)C5C=CC6=C(C5)SC5CC(N(C7=CCCC=C7)C7=CC8=C(CC7)C7=C(CCC=C7)C8(c7ccc(F)cc7)C7C=CC(OC8=CCC(C=C)C=C8)CC7)C=CC65)cc43)cc2)C=C1. The summed E-state index contributed by atoms with van der Waals surface area (Å²) in [6.45, 7) is 7.98. The number of halogens is 2. The minimum Gasteiger partial charge on any atom is -0.487 e. The number of hydrogen-bond acceptors (Lipinski definition) is 5. The van der Waals surface area contributed by atoms with Crippen LogP contribution in [-0.4, -0.2) is 40.6 Å². The van der Waals surface area contributed by atoms with E-state index in [1.807, 2.05) is 12.2 Å². The summed E-state index contributed by atoms with van der Waals surface area (Å²) in [4.78, 5) is 6.85. The van der Waals surface area contributed by atoms with Gasteiger partial charge in [0.05, 0.1) is 17.5 Å². The smallest absolute Gasteiger partial charge is 0.123 e. The summed E-state index contributed by atoms with van der Waals surface area (Å²) in [7, 11) is 0. The lowest BCUT2D eigenvalue weighted by molar-refractivity contribution is 0.137. The average Bonchev–Trinajstić information content (AvgIpc) is 1.56. The summed E-state index contributed by atoms with van der Waals surface area (Å²) in [5.41, 5.74) is 21.4. The zero-order valence-electron chi connectivity index (χ0n) is 55.5. The number of para-hydroxylation sites is 1. The van der Waals surface area contributed by atoms with E-state index in [9.17, 15) is 0 Å². The molecule has 17 rings (SSSR count). The van der Waals surface area contributed by atoms with Gasteiger partial charge in [0.1, 0.15) is 35.7 Å². The molecule has 0 amide bonds. The van der Waals surface area contributed by atoms with Crippen LogP contribution in [0.2, 0.25) is 0 Å². The van der Waals surface area contributed by atoms with Crippen LogP contribution in [0.1, 0.15) is 131 Å². The number of ether oxygens (including phenoxy) is 2. The Kier molecular flexibility index (Phi) is 16.6. The van der Waals surface area contributed by atoms with Crippen molar-refractivity contribution in [2.75, 3.05) is 4.90 Å². The molecular formula is C90H86F2N2O2S. The van der Waals surface area contributed by atoms with Crippen molar-refractivity contribution in [1.29, 1.82) is 0 Å². The van der Waals surface area contributed by atoms with Gasteiger partial charge in [-0.15, -0.1) is 18.3 Å². The first-order valence-corrected chi connectivity index (χ1v) is 37.0. The predicted octanol–water partition coefficient (Wildman–Crippen LogP) is 22.4. The summed E-state index contributed by atoms with van der Waals surface area (Å²) in [5, 5.41) is 0.384. The van der Waals surface area contributed by atoms with Gasteiger partial charge in [0, 0.05) is 52.2 Å². The largest absolute Gasteiger partial charge is 0.487 e. The highest BCUT2D eigenvalue weighted by atomic mass is 32.2. The fourth-order valence-corrected chi connectivity index (χ4v) is 20.6. The fraction of sp³-hybridized carbons (Fsp3) is 0.311. The maximum Gasteiger partial charge on any atom is 0.123 e. The van der Waals surface area contributed by atoms with Crippen molar-refractivity contribution in [2.45, 2.75) is 156 Å². The molecule has 0 N–H and O–H groups in total. The molecule has 1 aliphatic heterocycles. The standard InChI is InChI=1S/C90H86F2N2O2S/c1-3-59-23-43-73(44-24-59)95-75-47-31-63(32-48-75)89(61-27-35-65(91)36-28-61)83-21-13-11-19-77(83)79-51-39-69(55-85(79)89)93(67-15-7-5-8-16-67)71-41-53-81-82-54-42-72(58-88(82)97-87(81)57-71)94(68-17-9-6-10-18-68)70-40-52-80-78-20-12-14-22-84(78)90(86(80)56-70,62-29-37-66(92)38-30-62)64-33-49-76(50-34-64)96-74-45-25-60(4-2)26-46-74/h3-5,7-9,11-12,15-20,23-25,27,29-33,37-39,41-43,45-49,51,53-56,60,64-65,71-73,76,82,88H,1-2,6,10,13-14,21-22,26,28,34-36,40,44,50,52,57-58H2. The highest BCUT2D eigenvalue weighted by molar-refractivity contribution is 8.04. The number of hydrogen-bond donors (Lipinski definition) is 0. The Morgan fingerprint density at radius 3 is 2.20 bits per heavy atom. The summed E-state index contributed by atoms with van der Waals surface area (Å²) in [6, 6.07) is 35.1. The van der Waals surface area contributed by atoms with Crippen molar-refractivity contribution in [3.05, 3.63) is 345 Å². The van der Waals surface area contributed by atoms with Crippen molar-refractivity contribution in [3.63, 3.8) is 0 Å². The summed E-state index contributed by atoms with van der Waals surface area (Å²) in [5.74, 6) is 2.43. The lowest BCUT2D eigenvalue weighted by atomic mass is 9.59. The monoisotopic (exact) mass is 1300 g/mol. The number of thioether (sulfide) groups is 1. The highest BCUT2D eigenvalue weighted by Crippen LogP contribution is 2.63. The molecule has 4 nitrogen and oxygen atoms in total. The Labute approximate surface area is 577 Å². The second kappa shape index (κ2) is 26.0. The molecule has 7 heteroatoms. The summed E-state index contributed by atoms with van der Waals surface area (Å²) >= 11 is 2.14. The summed E-state index contributed by atoms with van der Waals surface area (Å²) in [6.07, 6.45) is 67.6. The number of allylic oxidation sites excluding steroid dienone is 28. The Hall–Kier alpha value is -8.65. The van der Waals surface area contributed by atoms with Crippen LogP contribution in [0.4, 0.5) is 20.2 Å². The van der Waals surface area contributed by atoms with Gasteiger partial charge in [0.15, 0.2) is 0 Å². The molecule has 13 aliphatic rings. The first kappa shape index (κ1) is 61.9. The van der Waals surface area contributed by atoms with Gasteiger partial charge < -0.3 is 19.3 Å². The Morgan fingerprint density at radius 2 is 1.44 bits per heavy atom.